The zero-order valence-corrected chi connectivity index (χ0v) is 10.4. The van der Waals surface area contributed by atoms with E-state index in [1.807, 2.05) is 0 Å². The summed E-state index contributed by atoms with van der Waals surface area (Å²) < 4.78 is 0. The molecule has 0 radical (unpaired) electrons. The summed E-state index contributed by atoms with van der Waals surface area (Å²) in [4.78, 5) is 2.76. The molecule has 1 aliphatic carbocycles. The molecule has 0 atom stereocenters. The Hall–Kier alpha value is -0.0800. The average Bonchev–Trinajstić information content (AvgIpc) is 2.82. The third-order valence-electron chi connectivity index (χ3n) is 4.60. The molecule has 0 aromatic rings. The van der Waals surface area contributed by atoms with Gasteiger partial charge in [-0.3, -0.25) is 4.90 Å². The minimum atomic E-state index is 0.418. The third-order valence-corrected chi connectivity index (χ3v) is 4.60. The molecule has 1 aliphatic heterocycles. The predicted octanol–water partition coefficient (Wildman–Crippen LogP) is 2.39. The minimum absolute atomic E-state index is 0.418. The normalized spacial score (nSPS) is 28.4. The van der Waals surface area contributed by atoms with E-state index < -0.39 is 0 Å². The second kappa shape index (κ2) is 4.84. The Morgan fingerprint density at radius 2 is 1.87 bits per heavy atom. The molecule has 1 saturated heterocycles. The molecule has 0 unspecified atom stereocenters. The minimum Gasteiger partial charge on any atom is -0.309 e. The van der Waals surface area contributed by atoms with Gasteiger partial charge in [-0.1, -0.05) is 26.7 Å². The Kier molecular flexibility index (Phi) is 3.68. The number of hydrogen-bond acceptors (Lipinski definition) is 2. The van der Waals surface area contributed by atoms with Gasteiger partial charge in [-0.25, -0.2) is 0 Å². The second-order valence-electron chi connectivity index (χ2n) is 5.32. The van der Waals surface area contributed by atoms with Gasteiger partial charge in [0.15, 0.2) is 0 Å². The van der Waals surface area contributed by atoms with Gasteiger partial charge in [0, 0.05) is 31.2 Å². The summed E-state index contributed by atoms with van der Waals surface area (Å²) in [5.41, 5.74) is 0.418. The van der Waals surface area contributed by atoms with Crippen molar-refractivity contribution in [3.63, 3.8) is 0 Å². The van der Waals surface area contributed by atoms with Crippen molar-refractivity contribution in [1.82, 2.24) is 10.2 Å². The van der Waals surface area contributed by atoms with Gasteiger partial charge < -0.3 is 5.32 Å². The first-order chi connectivity index (χ1) is 7.29. The van der Waals surface area contributed by atoms with Crippen LogP contribution in [-0.4, -0.2) is 36.1 Å². The van der Waals surface area contributed by atoms with Gasteiger partial charge in [-0.05, 0) is 25.7 Å². The Morgan fingerprint density at radius 3 is 2.47 bits per heavy atom. The van der Waals surface area contributed by atoms with Crippen LogP contribution in [0.1, 0.15) is 52.4 Å². The third kappa shape index (κ3) is 2.36. The lowest BCUT2D eigenvalue weighted by molar-refractivity contribution is 0.0876. The van der Waals surface area contributed by atoms with Crippen LogP contribution in [0.3, 0.4) is 0 Å². The van der Waals surface area contributed by atoms with E-state index in [-0.39, 0.29) is 0 Å². The summed E-state index contributed by atoms with van der Waals surface area (Å²) in [6, 6.07) is 0.907. The highest BCUT2D eigenvalue weighted by molar-refractivity contribution is 4.95. The van der Waals surface area contributed by atoms with Crippen LogP contribution in [0.2, 0.25) is 0 Å². The number of rotatable bonds is 3. The van der Waals surface area contributed by atoms with Crippen LogP contribution in [0.15, 0.2) is 0 Å². The highest BCUT2D eigenvalue weighted by Crippen LogP contribution is 2.28. The molecule has 0 spiro atoms. The summed E-state index contributed by atoms with van der Waals surface area (Å²) >= 11 is 0. The van der Waals surface area contributed by atoms with Crippen LogP contribution >= 0.6 is 0 Å². The lowest BCUT2D eigenvalue weighted by Crippen LogP contribution is -2.61. The van der Waals surface area contributed by atoms with Gasteiger partial charge in [0.2, 0.25) is 0 Å². The van der Waals surface area contributed by atoms with E-state index >= 15 is 0 Å². The molecule has 15 heavy (non-hydrogen) atoms. The first kappa shape index (κ1) is 11.4. The molecule has 0 aromatic heterocycles. The van der Waals surface area contributed by atoms with E-state index in [0.29, 0.717) is 5.54 Å². The van der Waals surface area contributed by atoms with Gasteiger partial charge in [0.1, 0.15) is 0 Å². The maximum Gasteiger partial charge on any atom is 0.0304 e. The van der Waals surface area contributed by atoms with Crippen LogP contribution in [0.4, 0.5) is 0 Å². The number of hydrogen-bond donors (Lipinski definition) is 1. The van der Waals surface area contributed by atoms with E-state index in [1.54, 1.807) is 0 Å². The number of piperazine rings is 1. The molecule has 1 heterocycles. The highest BCUT2D eigenvalue weighted by atomic mass is 15.2. The van der Waals surface area contributed by atoms with Crippen molar-refractivity contribution < 1.29 is 0 Å². The van der Waals surface area contributed by atoms with Gasteiger partial charge >= 0.3 is 0 Å². The molecule has 2 aliphatic rings. The Labute approximate surface area is 94.4 Å². The van der Waals surface area contributed by atoms with Crippen molar-refractivity contribution in [3.05, 3.63) is 0 Å². The fourth-order valence-corrected chi connectivity index (χ4v) is 3.29. The number of nitrogens with zero attached hydrogens (tertiary/aromatic N) is 1. The van der Waals surface area contributed by atoms with E-state index in [0.717, 1.165) is 6.04 Å². The fourth-order valence-electron chi connectivity index (χ4n) is 3.29. The van der Waals surface area contributed by atoms with E-state index in [4.69, 9.17) is 0 Å². The van der Waals surface area contributed by atoms with Crippen molar-refractivity contribution in [2.24, 2.45) is 0 Å². The standard InChI is InChI=1S/C13H26N2/c1-3-13(4-2)11-15(10-9-14-13)12-7-5-6-8-12/h12,14H,3-11H2,1-2H3. The molecule has 88 valence electrons. The molecule has 0 aromatic carbocycles. The summed E-state index contributed by atoms with van der Waals surface area (Å²) in [6.45, 7) is 8.40. The molecule has 2 nitrogen and oxygen atoms in total. The SMILES string of the molecule is CCC1(CC)CN(C2CCCC2)CCN1. The van der Waals surface area contributed by atoms with Crippen molar-refractivity contribution in [2.45, 2.75) is 64.0 Å². The number of nitrogens with one attached hydrogen (secondary N) is 1. The van der Waals surface area contributed by atoms with Crippen molar-refractivity contribution in [1.29, 1.82) is 0 Å². The Bertz CT molecular complexity index is 193. The Balaban J connectivity index is 1.96. The Morgan fingerprint density at radius 1 is 1.20 bits per heavy atom. The van der Waals surface area contributed by atoms with Gasteiger partial charge in [-0.2, -0.15) is 0 Å². The van der Waals surface area contributed by atoms with E-state index in [9.17, 15) is 0 Å². The second-order valence-corrected chi connectivity index (χ2v) is 5.32. The molecule has 2 fully saturated rings. The quantitative estimate of drug-likeness (QED) is 0.769. The zero-order chi connectivity index (χ0) is 10.7. The van der Waals surface area contributed by atoms with Crippen LogP contribution in [-0.2, 0) is 0 Å². The zero-order valence-electron chi connectivity index (χ0n) is 10.4. The van der Waals surface area contributed by atoms with Crippen LogP contribution in [0.25, 0.3) is 0 Å². The maximum atomic E-state index is 3.74. The molecule has 2 rings (SSSR count). The summed E-state index contributed by atoms with van der Waals surface area (Å²) in [5, 5.41) is 3.74. The van der Waals surface area contributed by atoms with Crippen molar-refractivity contribution in [2.75, 3.05) is 19.6 Å². The maximum absolute atomic E-state index is 3.74. The van der Waals surface area contributed by atoms with E-state index in [2.05, 4.69) is 24.1 Å². The summed E-state index contributed by atoms with van der Waals surface area (Å²) in [6.07, 6.45) is 8.35. The first-order valence-corrected chi connectivity index (χ1v) is 6.79. The largest absolute Gasteiger partial charge is 0.309 e. The molecular formula is C13H26N2. The van der Waals surface area contributed by atoms with Crippen LogP contribution < -0.4 is 5.32 Å². The van der Waals surface area contributed by atoms with Crippen LogP contribution in [0, 0.1) is 0 Å². The highest BCUT2D eigenvalue weighted by Gasteiger charge is 2.35. The molecular weight excluding hydrogens is 184 g/mol. The lowest BCUT2D eigenvalue weighted by atomic mass is 9.89. The van der Waals surface area contributed by atoms with Gasteiger partial charge in [0.05, 0.1) is 0 Å². The van der Waals surface area contributed by atoms with Crippen molar-refractivity contribution >= 4 is 0 Å². The van der Waals surface area contributed by atoms with Gasteiger partial charge in [-0.15, -0.1) is 0 Å². The topological polar surface area (TPSA) is 15.3 Å². The summed E-state index contributed by atoms with van der Waals surface area (Å²) in [7, 11) is 0. The van der Waals surface area contributed by atoms with Crippen LogP contribution in [0.5, 0.6) is 0 Å². The smallest absolute Gasteiger partial charge is 0.0304 e. The molecule has 0 bridgehead atoms. The molecule has 2 heteroatoms. The predicted molar refractivity (Wildman–Crippen MR) is 65.1 cm³/mol. The monoisotopic (exact) mass is 210 g/mol. The molecule has 0 amide bonds. The molecule has 1 N–H and O–H groups in total. The lowest BCUT2D eigenvalue weighted by Gasteiger charge is -2.45. The van der Waals surface area contributed by atoms with Crippen molar-refractivity contribution in [3.8, 4) is 0 Å². The fraction of sp³-hybridized carbons (Fsp3) is 1.00. The molecule has 1 saturated carbocycles. The first-order valence-electron chi connectivity index (χ1n) is 6.79. The average molecular weight is 210 g/mol. The van der Waals surface area contributed by atoms with Gasteiger partial charge in [0.25, 0.3) is 0 Å². The van der Waals surface area contributed by atoms with E-state index in [1.165, 1.54) is 58.2 Å². The summed E-state index contributed by atoms with van der Waals surface area (Å²) in [5.74, 6) is 0.